The summed E-state index contributed by atoms with van der Waals surface area (Å²) in [6, 6.07) is 12.3. The van der Waals surface area contributed by atoms with Crippen LogP contribution < -0.4 is 10.0 Å². The molecule has 0 spiro atoms. The molecule has 0 saturated carbocycles. The van der Waals surface area contributed by atoms with Gasteiger partial charge in [-0.1, -0.05) is 0 Å². The molecule has 3 aliphatic rings. The number of fused-ring (bicyclic) bond motifs is 3. The molecular weight excluding hydrogens is 454 g/mol. The van der Waals surface area contributed by atoms with Crippen molar-refractivity contribution in [2.45, 2.75) is 36.6 Å². The molecular formula is C24H29N5O4S. The summed E-state index contributed by atoms with van der Waals surface area (Å²) in [5, 5.41) is 7.29. The van der Waals surface area contributed by atoms with Crippen LogP contribution in [-0.2, 0) is 21.9 Å². The highest BCUT2D eigenvalue weighted by atomic mass is 32.2. The summed E-state index contributed by atoms with van der Waals surface area (Å²) in [5.41, 5.74) is 2.60. The highest BCUT2D eigenvalue weighted by molar-refractivity contribution is 7.89. The van der Waals surface area contributed by atoms with Gasteiger partial charge in [-0.15, -0.1) is 0 Å². The number of nitrogens with zero attached hydrogens (tertiary/aromatic N) is 3. The van der Waals surface area contributed by atoms with Crippen LogP contribution in [0.4, 0.5) is 5.69 Å². The first kappa shape index (κ1) is 22.8. The molecule has 3 fully saturated rings. The maximum Gasteiger partial charge on any atom is 0.240 e. The minimum atomic E-state index is -3.63. The quantitative estimate of drug-likeness (QED) is 0.535. The third kappa shape index (κ3) is 4.53. The van der Waals surface area contributed by atoms with Gasteiger partial charge in [0.25, 0.3) is 0 Å². The number of anilines is 1. The fourth-order valence-corrected chi connectivity index (χ4v) is 6.34. The standard InChI is InChI=1S/C24H29N5O4S/c1-16(30)26-18-5-7-20(8-6-18)34(31,32)25-14-19-12-17-9-10-29(19)15-21(17)23-13-22(27-28(23)2)24-4-3-11-33-24/h3-8,11,13,17,19,21,25H,9-10,12,14-15H2,1-2H3,(H,26,30)/t17-,19+,21-/m0/s1. The number of hydrogen-bond donors (Lipinski definition) is 2. The van der Waals surface area contributed by atoms with Crippen molar-refractivity contribution in [3.63, 3.8) is 0 Å². The molecule has 3 aromatic rings. The Bertz CT molecular complexity index is 1270. The second-order valence-corrected chi connectivity index (χ2v) is 10.9. The van der Waals surface area contributed by atoms with Crippen molar-refractivity contribution < 1.29 is 17.6 Å². The Balaban J connectivity index is 1.23. The van der Waals surface area contributed by atoms with Crippen LogP contribution in [0.5, 0.6) is 0 Å². The van der Waals surface area contributed by atoms with Gasteiger partial charge in [-0.2, -0.15) is 5.10 Å². The number of carbonyl (C=O) groups excluding carboxylic acids is 1. The molecule has 2 N–H and O–H groups in total. The van der Waals surface area contributed by atoms with E-state index in [9.17, 15) is 13.2 Å². The summed E-state index contributed by atoms with van der Waals surface area (Å²) in [7, 11) is -1.66. The number of amides is 1. The Morgan fingerprint density at radius 3 is 2.68 bits per heavy atom. The van der Waals surface area contributed by atoms with Crippen molar-refractivity contribution in [3.05, 3.63) is 54.4 Å². The molecule has 34 heavy (non-hydrogen) atoms. The predicted octanol–water partition coefficient (Wildman–Crippen LogP) is 2.79. The van der Waals surface area contributed by atoms with Gasteiger partial charge in [0.05, 0.1) is 11.2 Å². The van der Waals surface area contributed by atoms with Crippen molar-refractivity contribution >= 4 is 21.6 Å². The van der Waals surface area contributed by atoms with Crippen molar-refractivity contribution in [1.82, 2.24) is 19.4 Å². The zero-order chi connectivity index (χ0) is 23.9. The molecule has 1 unspecified atom stereocenters. The molecule has 3 aliphatic heterocycles. The number of aromatic nitrogens is 2. The molecule has 2 aromatic heterocycles. The first-order chi connectivity index (χ1) is 16.3. The topological polar surface area (TPSA) is 109 Å². The molecule has 3 saturated heterocycles. The maximum absolute atomic E-state index is 12.8. The third-order valence-electron chi connectivity index (χ3n) is 6.94. The number of nitrogens with one attached hydrogen (secondary N) is 2. The zero-order valence-corrected chi connectivity index (χ0v) is 20.1. The van der Waals surface area contributed by atoms with Gasteiger partial charge in [0.2, 0.25) is 15.9 Å². The Hall–Kier alpha value is -2.95. The Morgan fingerprint density at radius 2 is 2.03 bits per heavy atom. The Morgan fingerprint density at radius 1 is 1.24 bits per heavy atom. The number of sulfonamides is 1. The van der Waals surface area contributed by atoms with E-state index in [0.717, 1.165) is 37.4 Å². The number of aryl methyl sites for hydroxylation is 1. The second kappa shape index (κ2) is 9.01. The lowest BCUT2D eigenvalue weighted by atomic mass is 9.74. The zero-order valence-electron chi connectivity index (χ0n) is 19.3. The monoisotopic (exact) mass is 483 g/mol. The van der Waals surface area contributed by atoms with Gasteiger partial charge in [-0.3, -0.25) is 14.4 Å². The average molecular weight is 484 g/mol. The van der Waals surface area contributed by atoms with Gasteiger partial charge in [0.1, 0.15) is 5.69 Å². The number of furan rings is 1. The minimum Gasteiger partial charge on any atom is -0.463 e. The van der Waals surface area contributed by atoms with Gasteiger partial charge in [0.15, 0.2) is 5.76 Å². The van der Waals surface area contributed by atoms with Crippen molar-refractivity contribution in [2.24, 2.45) is 13.0 Å². The van der Waals surface area contributed by atoms with E-state index >= 15 is 0 Å². The lowest BCUT2D eigenvalue weighted by molar-refractivity contribution is -0.114. The van der Waals surface area contributed by atoms with E-state index < -0.39 is 10.0 Å². The van der Waals surface area contributed by atoms with Crippen molar-refractivity contribution in [1.29, 1.82) is 0 Å². The number of piperidine rings is 3. The molecule has 0 aliphatic carbocycles. The number of carbonyl (C=O) groups is 1. The van der Waals surface area contributed by atoms with E-state index in [1.165, 1.54) is 24.8 Å². The van der Waals surface area contributed by atoms with Crippen LogP contribution in [0, 0.1) is 5.92 Å². The van der Waals surface area contributed by atoms with Crippen molar-refractivity contribution in [3.8, 4) is 11.5 Å². The highest BCUT2D eigenvalue weighted by Crippen LogP contribution is 2.42. The van der Waals surface area contributed by atoms with Gasteiger partial charge in [-0.25, -0.2) is 13.1 Å². The fourth-order valence-electron chi connectivity index (χ4n) is 5.27. The largest absolute Gasteiger partial charge is 0.463 e. The van der Waals surface area contributed by atoms with E-state index in [-0.39, 0.29) is 16.8 Å². The molecule has 6 rings (SSSR count). The Labute approximate surface area is 199 Å². The summed E-state index contributed by atoms with van der Waals surface area (Å²) < 4.78 is 35.9. The highest BCUT2D eigenvalue weighted by Gasteiger charge is 2.42. The molecule has 9 nitrogen and oxygen atoms in total. The first-order valence-corrected chi connectivity index (χ1v) is 13.0. The number of hydrogen-bond acceptors (Lipinski definition) is 6. The molecule has 180 valence electrons. The molecule has 5 heterocycles. The maximum atomic E-state index is 12.8. The smallest absolute Gasteiger partial charge is 0.240 e. The average Bonchev–Trinajstić information content (AvgIpc) is 3.48. The van der Waals surface area contributed by atoms with E-state index in [1.807, 2.05) is 23.9 Å². The third-order valence-corrected chi connectivity index (χ3v) is 8.38. The summed E-state index contributed by atoms with van der Waals surface area (Å²) in [5.74, 6) is 1.41. The number of benzene rings is 1. The van der Waals surface area contributed by atoms with Gasteiger partial charge >= 0.3 is 0 Å². The SMILES string of the molecule is CC(=O)Nc1ccc(S(=O)(=O)NC[C@H]2C[C@@H]3CCN2C[C@@H]3c2cc(-c3ccco3)nn2C)cc1. The van der Waals surface area contributed by atoms with Crippen LogP contribution in [0.25, 0.3) is 11.5 Å². The normalized spacial score (nSPS) is 24.3. The fraction of sp³-hybridized carbons (Fsp3) is 0.417. The summed E-state index contributed by atoms with van der Waals surface area (Å²) in [4.78, 5) is 13.8. The minimum absolute atomic E-state index is 0.168. The molecule has 0 radical (unpaired) electrons. The summed E-state index contributed by atoms with van der Waals surface area (Å²) in [6.45, 7) is 3.65. The Kier molecular flexibility index (Phi) is 6.05. The lowest BCUT2D eigenvalue weighted by Crippen LogP contribution is -2.56. The van der Waals surface area contributed by atoms with Crippen LogP contribution in [0.2, 0.25) is 0 Å². The van der Waals surface area contributed by atoms with E-state index in [4.69, 9.17) is 4.42 Å². The summed E-state index contributed by atoms with van der Waals surface area (Å²) >= 11 is 0. The molecule has 2 bridgehead atoms. The molecule has 1 amide bonds. The van der Waals surface area contributed by atoms with Crippen LogP contribution in [0.15, 0.2) is 58.0 Å². The van der Waals surface area contributed by atoms with E-state index in [0.29, 0.717) is 24.1 Å². The molecule has 1 aromatic carbocycles. The van der Waals surface area contributed by atoms with Crippen LogP contribution in [-0.4, -0.2) is 54.7 Å². The van der Waals surface area contributed by atoms with E-state index in [2.05, 4.69) is 26.1 Å². The number of rotatable bonds is 7. The molecule has 4 atom stereocenters. The van der Waals surface area contributed by atoms with Crippen LogP contribution in [0.1, 0.15) is 31.4 Å². The predicted molar refractivity (Wildman–Crippen MR) is 128 cm³/mol. The van der Waals surface area contributed by atoms with Gasteiger partial charge in [0, 0.05) is 50.4 Å². The van der Waals surface area contributed by atoms with Crippen LogP contribution in [0.3, 0.4) is 0 Å². The van der Waals surface area contributed by atoms with E-state index in [1.54, 1.807) is 18.4 Å². The lowest BCUT2D eigenvalue weighted by Gasteiger charge is -2.49. The van der Waals surface area contributed by atoms with Crippen molar-refractivity contribution in [2.75, 3.05) is 25.0 Å². The van der Waals surface area contributed by atoms with Gasteiger partial charge < -0.3 is 9.73 Å². The van der Waals surface area contributed by atoms with Gasteiger partial charge in [-0.05, 0) is 67.8 Å². The summed E-state index contributed by atoms with van der Waals surface area (Å²) in [6.07, 6.45) is 3.69. The first-order valence-electron chi connectivity index (χ1n) is 11.5. The second-order valence-electron chi connectivity index (χ2n) is 9.15. The van der Waals surface area contributed by atoms with Crippen LogP contribution >= 0.6 is 0 Å². The molecule has 10 heteroatoms.